The van der Waals surface area contributed by atoms with Crippen LogP contribution in [0.15, 0.2) is 6.20 Å². The van der Waals surface area contributed by atoms with E-state index >= 15 is 0 Å². The SMILES string of the molecule is O=C(O)c1cnc(C(F)F)c(CBr)c1OC(F)(F)F. The number of nitrogens with zero attached hydrogens (tertiary/aromatic N) is 1. The van der Waals surface area contributed by atoms with Crippen LogP contribution in [0.3, 0.4) is 0 Å². The summed E-state index contributed by atoms with van der Waals surface area (Å²) in [5.74, 6) is -2.96. The molecule has 0 aliphatic carbocycles. The molecule has 0 bridgehead atoms. The number of hydrogen-bond donors (Lipinski definition) is 1. The Hall–Kier alpha value is -1.45. The molecule has 10 heteroatoms. The Morgan fingerprint density at radius 3 is 2.42 bits per heavy atom. The molecule has 0 fully saturated rings. The van der Waals surface area contributed by atoms with Gasteiger partial charge in [0.1, 0.15) is 11.3 Å². The minimum atomic E-state index is -5.21. The van der Waals surface area contributed by atoms with Gasteiger partial charge in [0.2, 0.25) is 0 Å². The maximum Gasteiger partial charge on any atom is 0.573 e. The molecule has 1 rings (SSSR count). The minimum absolute atomic E-state index is 0.400. The van der Waals surface area contributed by atoms with Crippen molar-refractivity contribution in [1.82, 2.24) is 4.98 Å². The lowest BCUT2D eigenvalue weighted by Gasteiger charge is -2.16. The second-order valence-corrected chi connectivity index (χ2v) is 3.71. The van der Waals surface area contributed by atoms with Crippen LogP contribution in [0.2, 0.25) is 0 Å². The van der Waals surface area contributed by atoms with Crippen molar-refractivity contribution in [2.45, 2.75) is 18.1 Å². The van der Waals surface area contributed by atoms with Crippen LogP contribution in [-0.2, 0) is 5.33 Å². The van der Waals surface area contributed by atoms with Crippen LogP contribution in [0.5, 0.6) is 5.75 Å². The van der Waals surface area contributed by atoms with Gasteiger partial charge in [0, 0.05) is 17.1 Å². The zero-order valence-corrected chi connectivity index (χ0v) is 10.4. The van der Waals surface area contributed by atoms with Crippen LogP contribution in [0, 0.1) is 0 Å². The van der Waals surface area contributed by atoms with Gasteiger partial charge in [-0.15, -0.1) is 13.2 Å². The van der Waals surface area contributed by atoms with Gasteiger partial charge in [-0.05, 0) is 0 Å². The first-order valence-corrected chi connectivity index (χ1v) is 5.64. The molecule has 0 radical (unpaired) electrons. The predicted octanol–water partition coefficient (Wildman–Crippen LogP) is 3.51. The van der Waals surface area contributed by atoms with Gasteiger partial charge >= 0.3 is 12.3 Å². The molecule has 1 N–H and O–H groups in total. The van der Waals surface area contributed by atoms with Crippen molar-refractivity contribution in [3.63, 3.8) is 0 Å². The summed E-state index contributed by atoms with van der Waals surface area (Å²) in [4.78, 5) is 13.9. The van der Waals surface area contributed by atoms with E-state index in [4.69, 9.17) is 5.11 Å². The summed E-state index contributed by atoms with van der Waals surface area (Å²) in [5, 5.41) is 8.26. The third-order valence-electron chi connectivity index (χ3n) is 1.95. The number of ether oxygens (including phenoxy) is 1. The Labute approximate surface area is 111 Å². The fourth-order valence-electron chi connectivity index (χ4n) is 1.25. The Balaban J connectivity index is 3.50. The molecule has 0 aromatic carbocycles. The maximum absolute atomic E-state index is 12.6. The Morgan fingerprint density at radius 1 is 1.47 bits per heavy atom. The Morgan fingerprint density at radius 2 is 2.05 bits per heavy atom. The van der Waals surface area contributed by atoms with Crippen molar-refractivity contribution in [1.29, 1.82) is 0 Å². The quantitative estimate of drug-likeness (QED) is 0.667. The third-order valence-corrected chi connectivity index (χ3v) is 2.51. The molecule has 0 aliphatic rings. The number of carbonyl (C=O) groups is 1. The van der Waals surface area contributed by atoms with E-state index < -0.39 is 46.7 Å². The van der Waals surface area contributed by atoms with E-state index in [0.29, 0.717) is 6.20 Å². The van der Waals surface area contributed by atoms with Crippen LogP contribution in [0.1, 0.15) is 28.0 Å². The van der Waals surface area contributed by atoms with Crippen molar-refractivity contribution in [2.75, 3.05) is 0 Å². The summed E-state index contributed by atoms with van der Waals surface area (Å²) >= 11 is 2.70. The third kappa shape index (κ3) is 3.75. The second kappa shape index (κ2) is 5.68. The molecule has 106 valence electrons. The van der Waals surface area contributed by atoms with E-state index in [1.54, 1.807) is 0 Å². The summed E-state index contributed by atoms with van der Waals surface area (Å²) in [5.41, 5.74) is -2.58. The van der Waals surface area contributed by atoms with Crippen molar-refractivity contribution < 1.29 is 36.6 Å². The summed E-state index contributed by atoms with van der Waals surface area (Å²) in [7, 11) is 0. The average molecular weight is 350 g/mol. The first-order valence-electron chi connectivity index (χ1n) is 4.52. The number of alkyl halides is 6. The summed E-state index contributed by atoms with van der Waals surface area (Å²) in [6.45, 7) is 0. The molecule has 0 saturated carbocycles. The number of halogens is 6. The summed E-state index contributed by atoms with van der Waals surface area (Å²) in [6.07, 6.45) is -7.97. The van der Waals surface area contributed by atoms with Gasteiger partial charge in [0.05, 0.1) is 0 Å². The summed E-state index contributed by atoms with van der Waals surface area (Å²) in [6, 6.07) is 0. The van der Waals surface area contributed by atoms with Crippen LogP contribution in [-0.4, -0.2) is 22.4 Å². The molecule has 0 saturated heterocycles. The average Bonchev–Trinajstić information content (AvgIpc) is 2.25. The highest BCUT2D eigenvalue weighted by Crippen LogP contribution is 2.36. The molecular weight excluding hydrogens is 345 g/mol. The molecule has 4 nitrogen and oxygen atoms in total. The Kier molecular flexibility index (Phi) is 4.66. The molecular formula is C9H5BrF5NO3. The van der Waals surface area contributed by atoms with Crippen molar-refractivity contribution in [2.24, 2.45) is 0 Å². The fraction of sp³-hybridized carbons (Fsp3) is 0.333. The zero-order chi connectivity index (χ0) is 14.8. The number of rotatable bonds is 4. The second-order valence-electron chi connectivity index (χ2n) is 3.15. The molecule has 1 aromatic heterocycles. The number of aromatic nitrogens is 1. The molecule has 0 amide bonds. The largest absolute Gasteiger partial charge is 0.573 e. The van der Waals surface area contributed by atoms with Gasteiger partial charge in [-0.2, -0.15) is 0 Å². The fourth-order valence-corrected chi connectivity index (χ4v) is 1.79. The highest BCUT2D eigenvalue weighted by atomic mass is 79.9. The number of aromatic carboxylic acids is 1. The zero-order valence-electron chi connectivity index (χ0n) is 8.84. The van der Waals surface area contributed by atoms with Gasteiger partial charge in [-0.25, -0.2) is 13.6 Å². The topological polar surface area (TPSA) is 59.4 Å². The van der Waals surface area contributed by atoms with Crippen molar-refractivity contribution >= 4 is 21.9 Å². The normalized spacial score (nSPS) is 11.7. The highest BCUT2D eigenvalue weighted by molar-refractivity contribution is 9.08. The van der Waals surface area contributed by atoms with E-state index in [1.807, 2.05) is 0 Å². The lowest BCUT2D eigenvalue weighted by molar-refractivity contribution is -0.275. The number of carboxylic acids is 1. The van der Waals surface area contributed by atoms with E-state index in [1.165, 1.54) is 0 Å². The van der Waals surface area contributed by atoms with E-state index in [9.17, 15) is 26.7 Å². The molecule has 19 heavy (non-hydrogen) atoms. The van der Waals surface area contributed by atoms with Crippen LogP contribution in [0.25, 0.3) is 0 Å². The van der Waals surface area contributed by atoms with Gasteiger partial charge in [0.25, 0.3) is 6.43 Å². The predicted molar refractivity (Wildman–Crippen MR) is 55.5 cm³/mol. The van der Waals surface area contributed by atoms with E-state index in [-0.39, 0.29) is 0 Å². The van der Waals surface area contributed by atoms with Gasteiger partial charge < -0.3 is 9.84 Å². The van der Waals surface area contributed by atoms with Crippen LogP contribution < -0.4 is 4.74 Å². The van der Waals surface area contributed by atoms with Gasteiger partial charge in [0.15, 0.2) is 5.75 Å². The monoisotopic (exact) mass is 349 g/mol. The first kappa shape index (κ1) is 15.6. The van der Waals surface area contributed by atoms with Crippen LogP contribution >= 0.6 is 15.9 Å². The lowest BCUT2D eigenvalue weighted by atomic mass is 10.1. The minimum Gasteiger partial charge on any atom is -0.477 e. The Bertz CT molecular complexity index is 491. The number of hydrogen-bond acceptors (Lipinski definition) is 3. The summed E-state index contributed by atoms with van der Waals surface area (Å²) < 4.78 is 65.3. The van der Waals surface area contributed by atoms with Crippen molar-refractivity contribution in [3.8, 4) is 5.75 Å². The molecule has 1 aromatic rings. The standard InChI is InChI=1S/C9H5BrF5NO3/c10-1-3-5(7(11)12)16-2-4(8(17)18)6(3)19-9(13,14)15/h2,7H,1H2,(H,17,18). The van der Waals surface area contributed by atoms with Crippen LogP contribution in [0.4, 0.5) is 22.0 Å². The molecule has 1 heterocycles. The van der Waals surface area contributed by atoms with Crippen molar-refractivity contribution in [3.05, 3.63) is 23.0 Å². The van der Waals surface area contributed by atoms with Gasteiger partial charge in [-0.1, -0.05) is 15.9 Å². The molecule has 0 unspecified atom stereocenters. The number of carboxylic acid groups (broad SMARTS) is 1. The lowest BCUT2D eigenvalue weighted by Crippen LogP contribution is -2.21. The molecule has 0 aliphatic heterocycles. The smallest absolute Gasteiger partial charge is 0.477 e. The molecule has 0 atom stereocenters. The molecule has 0 spiro atoms. The maximum atomic E-state index is 12.6. The highest BCUT2D eigenvalue weighted by Gasteiger charge is 2.36. The van der Waals surface area contributed by atoms with Gasteiger partial charge in [-0.3, -0.25) is 4.98 Å². The van der Waals surface area contributed by atoms with E-state index in [0.717, 1.165) is 0 Å². The first-order chi connectivity index (χ1) is 8.67. The van der Waals surface area contributed by atoms with E-state index in [2.05, 4.69) is 25.7 Å². The number of pyridine rings is 1.